The lowest BCUT2D eigenvalue weighted by atomic mass is 9.95. The molecular formula is C12H11NO2S. The molecule has 4 heteroatoms. The molecule has 0 aliphatic rings. The van der Waals surface area contributed by atoms with Gasteiger partial charge in [0.1, 0.15) is 0 Å². The zero-order chi connectivity index (χ0) is 11.4. The molecule has 2 aromatic rings. The number of aromatic nitrogens is 1. The normalized spacial score (nSPS) is 12.2. The molecule has 0 saturated heterocycles. The minimum atomic E-state index is -0.806. The fourth-order valence-corrected chi connectivity index (χ4v) is 2.15. The van der Waals surface area contributed by atoms with Crippen molar-refractivity contribution in [2.24, 2.45) is 0 Å². The molecule has 16 heavy (non-hydrogen) atoms. The Morgan fingerprint density at radius 1 is 1.38 bits per heavy atom. The molecule has 1 N–H and O–H groups in total. The summed E-state index contributed by atoms with van der Waals surface area (Å²) in [6, 6.07) is 9.26. The van der Waals surface area contributed by atoms with Gasteiger partial charge in [-0.1, -0.05) is 30.3 Å². The van der Waals surface area contributed by atoms with E-state index in [4.69, 9.17) is 0 Å². The van der Waals surface area contributed by atoms with E-state index in [2.05, 4.69) is 4.98 Å². The summed E-state index contributed by atoms with van der Waals surface area (Å²) >= 11 is 1.48. The van der Waals surface area contributed by atoms with E-state index in [0.29, 0.717) is 6.42 Å². The number of benzene rings is 1. The van der Waals surface area contributed by atoms with Gasteiger partial charge in [0.25, 0.3) is 0 Å². The summed E-state index contributed by atoms with van der Waals surface area (Å²) in [5.41, 5.74) is 3.38. The lowest BCUT2D eigenvalue weighted by Gasteiger charge is -2.10. The zero-order valence-electron chi connectivity index (χ0n) is 8.54. The van der Waals surface area contributed by atoms with Crippen LogP contribution in [0, 0.1) is 0 Å². The topological polar surface area (TPSA) is 50.2 Å². The van der Waals surface area contributed by atoms with Gasteiger partial charge in [-0.15, -0.1) is 11.3 Å². The quantitative estimate of drug-likeness (QED) is 0.882. The van der Waals surface area contributed by atoms with Crippen LogP contribution in [0.3, 0.4) is 0 Å². The van der Waals surface area contributed by atoms with Gasteiger partial charge < -0.3 is 5.11 Å². The molecule has 1 heterocycles. The number of aliphatic carboxylic acids is 1. The van der Waals surface area contributed by atoms with E-state index in [0.717, 1.165) is 11.3 Å². The second kappa shape index (κ2) is 4.90. The molecule has 0 saturated carbocycles. The van der Waals surface area contributed by atoms with Gasteiger partial charge in [0.05, 0.1) is 17.1 Å². The molecular weight excluding hydrogens is 222 g/mol. The summed E-state index contributed by atoms with van der Waals surface area (Å²) in [7, 11) is 0. The number of hydrogen-bond acceptors (Lipinski definition) is 3. The summed E-state index contributed by atoms with van der Waals surface area (Å²) in [4.78, 5) is 15.3. The highest BCUT2D eigenvalue weighted by atomic mass is 32.1. The Balaban J connectivity index is 2.22. The molecule has 1 aromatic carbocycles. The molecule has 2 rings (SSSR count). The third-order valence-electron chi connectivity index (χ3n) is 2.40. The van der Waals surface area contributed by atoms with Crippen LogP contribution >= 0.6 is 11.3 Å². The van der Waals surface area contributed by atoms with E-state index in [-0.39, 0.29) is 0 Å². The first kappa shape index (κ1) is 10.8. The van der Waals surface area contributed by atoms with Crippen molar-refractivity contribution in [2.75, 3.05) is 0 Å². The monoisotopic (exact) mass is 233 g/mol. The predicted molar refractivity (Wildman–Crippen MR) is 62.6 cm³/mol. The summed E-state index contributed by atoms with van der Waals surface area (Å²) in [5, 5.41) is 11.1. The molecule has 1 atom stereocenters. The maximum atomic E-state index is 11.2. The minimum Gasteiger partial charge on any atom is -0.481 e. The smallest absolute Gasteiger partial charge is 0.311 e. The number of rotatable bonds is 4. The standard InChI is InChI=1S/C12H11NO2S/c14-12(15)11(6-10-7-16-8-13-10)9-4-2-1-3-5-9/h1-5,7-8,11H,6H2,(H,14,15). The lowest BCUT2D eigenvalue weighted by Crippen LogP contribution is -2.14. The third-order valence-corrected chi connectivity index (χ3v) is 3.03. The Morgan fingerprint density at radius 3 is 2.69 bits per heavy atom. The van der Waals surface area contributed by atoms with Gasteiger partial charge in [0.15, 0.2) is 0 Å². The SMILES string of the molecule is O=C(O)C(Cc1cscn1)c1ccccc1. The fourth-order valence-electron chi connectivity index (χ4n) is 1.58. The van der Waals surface area contributed by atoms with Crippen LogP contribution in [0.25, 0.3) is 0 Å². The lowest BCUT2D eigenvalue weighted by molar-refractivity contribution is -0.138. The first-order valence-corrected chi connectivity index (χ1v) is 5.86. The second-order valence-corrected chi connectivity index (χ2v) is 4.20. The molecule has 0 amide bonds. The van der Waals surface area contributed by atoms with Crippen molar-refractivity contribution in [2.45, 2.75) is 12.3 Å². The zero-order valence-corrected chi connectivity index (χ0v) is 9.35. The van der Waals surface area contributed by atoms with Gasteiger partial charge >= 0.3 is 5.97 Å². The number of carboxylic acid groups (broad SMARTS) is 1. The summed E-state index contributed by atoms with van der Waals surface area (Å²) in [6.45, 7) is 0. The van der Waals surface area contributed by atoms with Crippen molar-refractivity contribution in [3.8, 4) is 0 Å². The molecule has 82 valence electrons. The van der Waals surface area contributed by atoms with Crippen LogP contribution in [-0.4, -0.2) is 16.1 Å². The van der Waals surface area contributed by atoms with Crippen LogP contribution in [0.1, 0.15) is 17.2 Å². The van der Waals surface area contributed by atoms with Crippen LogP contribution in [-0.2, 0) is 11.2 Å². The molecule has 0 aliphatic heterocycles. The molecule has 0 bridgehead atoms. The highest BCUT2D eigenvalue weighted by molar-refractivity contribution is 7.07. The predicted octanol–water partition coefficient (Wildman–Crippen LogP) is 2.55. The van der Waals surface area contributed by atoms with Crippen molar-refractivity contribution in [1.82, 2.24) is 4.98 Å². The number of carbonyl (C=O) groups is 1. The van der Waals surface area contributed by atoms with Crippen LogP contribution in [0.5, 0.6) is 0 Å². The first-order chi connectivity index (χ1) is 7.77. The third kappa shape index (κ3) is 2.46. The van der Waals surface area contributed by atoms with E-state index in [1.165, 1.54) is 11.3 Å². The number of nitrogens with zero attached hydrogens (tertiary/aromatic N) is 1. The van der Waals surface area contributed by atoms with Gasteiger partial charge in [-0.2, -0.15) is 0 Å². The van der Waals surface area contributed by atoms with Gasteiger partial charge in [-0.3, -0.25) is 4.79 Å². The van der Waals surface area contributed by atoms with Gasteiger partial charge in [0.2, 0.25) is 0 Å². The number of carboxylic acids is 1. The van der Waals surface area contributed by atoms with Crippen LogP contribution in [0.15, 0.2) is 41.2 Å². The van der Waals surface area contributed by atoms with E-state index >= 15 is 0 Å². The van der Waals surface area contributed by atoms with Gasteiger partial charge in [-0.25, -0.2) is 4.98 Å². The Kier molecular flexibility index (Phi) is 3.31. The molecule has 0 fully saturated rings. The van der Waals surface area contributed by atoms with Crippen LogP contribution in [0.2, 0.25) is 0 Å². The Hall–Kier alpha value is -1.68. The molecule has 1 aromatic heterocycles. The van der Waals surface area contributed by atoms with Crippen molar-refractivity contribution in [1.29, 1.82) is 0 Å². The summed E-state index contributed by atoms with van der Waals surface area (Å²) < 4.78 is 0. The first-order valence-electron chi connectivity index (χ1n) is 4.92. The Bertz CT molecular complexity index is 453. The largest absolute Gasteiger partial charge is 0.481 e. The molecule has 0 radical (unpaired) electrons. The Labute approximate surface area is 97.4 Å². The summed E-state index contributed by atoms with van der Waals surface area (Å²) in [6.07, 6.45) is 0.447. The van der Waals surface area contributed by atoms with Crippen LogP contribution in [0.4, 0.5) is 0 Å². The van der Waals surface area contributed by atoms with Crippen molar-refractivity contribution >= 4 is 17.3 Å². The fraction of sp³-hybridized carbons (Fsp3) is 0.167. The molecule has 0 aliphatic carbocycles. The second-order valence-electron chi connectivity index (χ2n) is 3.49. The van der Waals surface area contributed by atoms with E-state index in [1.54, 1.807) is 5.51 Å². The highest BCUT2D eigenvalue weighted by Gasteiger charge is 2.20. The van der Waals surface area contributed by atoms with E-state index in [1.807, 2.05) is 35.7 Å². The minimum absolute atomic E-state index is 0.447. The van der Waals surface area contributed by atoms with E-state index < -0.39 is 11.9 Å². The maximum absolute atomic E-state index is 11.2. The van der Waals surface area contributed by atoms with E-state index in [9.17, 15) is 9.90 Å². The van der Waals surface area contributed by atoms with Gasteiger partial charge in [0, 0.05) is 11.8 Å². The van der Waals surface area contributed by atoms with Gasteiger partial charge in [-0.05, 0) is 5.56 Å². The molecule has 1 unspecified atom stereocenters. The average Bonchev–Trinajstić information content (AvgIpc) is 2.79. The Morgan fingerprint density at radius 2 is 2.12 bits per heavy atom. The average molecular weight is 233 g/mol. The van der Waals surface area contributed by atoms with Crippen molar-refractivity contribution in [3.05, 3.63) is 52.5 Å². The van der Waals surface area contributed by atoms with Crippen molar-refractivity contribution in [3.63, 3.8) is 0 Å². The highest BCUT2D eigenvalue weighted by Crippen LogP contribution is 2.21. The van der Waals surface area contributed by atoms with Crippen LogP contribution < -0.4 is 0 Å². The maximum Gasteiger partial charge on any atom is 0.311 e. The molecule has 3 nitrogen and oxygen atoms in total. The number of thiazole rings is 1. The molecule has 0 spiro atoms. The summed E-state index contributed by atoms with van der Waals surface area (Å²) in [5.74, 6) is -1.32. The van der Waals surface area contributed by atoms with Crippen molar-refractivity contribution < 1.29 is 9.90 Å². The number of hydrogen-bond donors (Lipinski definition) is 1.